The maximum absolute atomic E-state index is 6.03. The van der Waals surface area contributed by atoms with Gasteiger partial charge in [0.05, 0.1) is 19.8 Å². The fourth-order valence-electron chi connectivity index (χ4n) is 4.27. The highest BCUT2D eigenvalue weighted by molar-refractivity contribution is 5.39. The molecule has 25 heavy (non-hydrogen) atoms. The summed E-state index contributed by atoms with van der Waals surface area (Å²) in [5, 5.41) is 0. The second kappa shape index (κ2) is 9.44. The molecule has 4 heteroatoms. The number of hydrogen-bond acceptors (Lipinski definition) is 4. The Morgan fingerprint density at radius 1 is 1.12 bits per heavy atom. The van der Waals surface area contributed by atoms with Gasteiger partial charge in [-0.05, 0) is 64.3 Å². The molecule has 1 spiro atoms. The summed E-state index contributed by atoms with van der Waals surface area (Å²) in [6, 6.07) is 8.27. The zero-order valence-corrected chi connectivity index (χ0v) is 16.6. The summed E-state index contributed by atoms with van der Waals surface area (Å²) in [5.41, 5.74) is 0.264. The fourth-order valence-corrected chi connectivity index (χ4v) is 4.27. The third-order valence-corrected chi connectivity index (χ3v) is 5.76. The Balaban J connectivity index is 0.000000196. The Kier molecular flexibility index (Phi) is 7.57. The van der Waals surface area contributed by atoms with Crippen LogP contribution in [0.4, 0.5) is 0 Å². The van der Waals surface area contributed by atoms with E-state index >= 15 is 0 Å². The third-order valence-electron chi connectivity index (χ3n) is 5.76. The van der Waals surface area contributed by atoms with Crippen LogP contribution in [0.5, 0.6) is 11.5 Å². The zero-order chi connectivity index (χ0) is 18.3. The van der Waals surface area contributed by atoms with Crippen LogP contribution in [0.25, 0.3) is 0 Å². The van der Waals surface area contributed by atoms with Crippen molar-refractivity contribution in [3.63, 3.8) is 0 Å². The van der Waals surface area contributed by atoms with Gasteiger partial charge in [0, 0.05) is 12.6 Å². The quantitative estimate of drug-likeness (QED) is 0.807. The molecule has 1 saturated heterocycles. The van der Waals surface area contributed by atoms with Crippen molar-refractivity contribution in [1.82, 2.24) is 4.90 Å². The summed E-state index contributed by atoms with van der Waals surface area (Å²) in [7, 11) is 7.69. The molecule has 3 rings (SSSR count). The van der Waals surface area contributed by atoms with Crippen LogP contribution in [-0.4, -0.2) is 51.5 Å². The van der Waals surface area contributed by atoms with Crippen LogP contribution in [0.15, 0.2) is 24.3 Å². The van der Waals surface area contributed by atoms with E-state index in [0.29, 0.717) is 0 Å². The van der Waals surface area contributed by atoms with E-state index in [2.05, 4.69) is 25.9 Å². The minimum Gasteiger partial charge on any atom is -0.493 e. The van der Waals surface area contributed by atoms with Gasteiger partial charge in [-0.2, -0.15) is 0 Å². The predicted molar refractivity (Wildman–Crippen MR) is 103 cm³/mol. The van der Waals surface area contributed by atoms with Crippen LogP contribution < -0.4 is 9.47 Å². The Labute approximate surface area is 153 Å². The minimum atomic E-state index is 0.264. The number of benzene rings is 1. The van der Waals surface area contributed by atoms with Crippen LogP contribution in [0.1, 0.15) is 45.4 Å². The molecule has 1 heterocycles. The summed E-state index contributed by atoms with van der Waals surface area (Å²) < 4.78 is 16.1. The first-order chi connectivity index (χ1) is 12.0. The van der Waals surface area contributed by atoms with Crippen molar-refractivity contribution in [2.75, 3.05) is 34.9 Å². The lowest BCUT2D eigenvalue weighted by molar-refractivity contribution is -0.0618. The summed E-state index contributed by atoms with van der Waals surface area (Å²) in [6.45, 7) is 3.33. The molecular weight excluding hydrogens is 314 g/mol. The summed E-state index contributed by atoms with van der Waals surface area (Å²) >= 11 is 0. The number of rotatable bonds is 4. The molecule has 0 amide bonds. The number of methoxy groups -OCH3 is 2. The first-order valence-corrected chi connectivity index (χ1v) is 9.52. The van der Waals surface area contributed by atoms with Crippen molar-refractivity contribution in [3.05, 3.63) is 24.3 Å². The van der Waals surface area contributed by atoms with E-state index in [4.69, 9.17) is 14.2 Å². The number of hydrogen-bond donors (Lipinski definition) is 0. The van der Waals surface area contributed by atoms with Gasteiger partial charge in [0.25, 0.3) is 0 Å². The molecule has 2 fully saturated rings. The molecular formula is C21H35NO3. The van der Waals surface area contributed by atoms with Crippen LogP contribution in [0.3, 0.4) is 0 Å². The Morgan fingerprint density at radius 3 is 2.20 bits per heavy atom. The highest BCUT2D eigenvalue weighted by Crippen LogP contribution is 2.43. The molecule has 0 bridgehead atoms. The van der Waals surface area contributed by atoms with Gasteiger partial charge >= 0.3 is 0 Å². The van der Waals surface area contributed by atoms with Crippen LogP contribution in [0, 0.1) is 5.92 Å². The van der Waals surface area contributed by atoms with Gasteiger partial charge in [-0.3, -0.25) is 0 Å². The topological polar surface area (TPSA) is 30.9 Å². The molecule has 0 radical (unpaired) electrons. The molecule has 1 aromatic carbocycles. The minimum absolute atomic E-state index is 0.264. The third kappa shape index (κ3) is 5.11. The summed E-state index contributed by atoms with van der Waals surface area (Å²) in [5.74, 6) is 2.42. The fraction of sp³-hybridized carbons (Fsp3) is 0.714. The average molecular weight is 350 g/mol. The maximum atomic E-state index is 6.03. The summed E-state index contributed by atoms with van der Waals surface area (Å²) in [6.07, 6.45) is 7.82. The van der Waals surface area contributed by atoms with Gasteiger partial charge in [0.15, 0.2) is 11.5 Å². The van der Waals surface area contributed by atoms with Crippen molar-refractivity contribution in [1.29, 1.82) is 0 Å². The lowest BCUT2D eigenvalue weighted by atomic mass is 9.73. The average Bonchev–Trinajstić information content (AvgIpc) is 3.10. The molecule has 3 unspecified atom stereocenters. The van der Waals surface area contributed by atoms with E-state index in [1.54, 1.807) is 14.2 Å². The van der Waals surface area contributed by atoms with Crippen LogP contribution in [0.2, 0.25) is 0 Å². The molecule has 2 aliphatic rings. The van der Waals surface area contributed by atoms with Gasteiger partial charge in [0.2, 0.25) is 0 Å². The number of para-hydroxylation sites is 2. The van der Waals surface area contributed by atoms with Gasteiger partial charge in [-0.15, -0.1) is 0 Å². The highest BCUT2D eigenvalue weighted by atomic mass is 16.5. The van der Waals surface area contributed by atoms with Crippen molar-refractivity contribution < 1.29 is 14.2 Å². The predicted octanol–water partition coefficient (Wildman–Crippen LogP) is 4.38. The van der Waals surface area contributed by atoms with Crippen molar-refractivity contribution in [2.45, 2.75) is 57.1 Å². The van der Waals surface area contributed by atoms with Crippen molar-refractivity contribution >= 4 is 0 Å². The van der Waals surface area contributed by atoms with Gasteiger partial charge in [-0.25, -0.2) is 0 Å². The van der Waals surface area contributed by atoms with Crippen LogP contribution in [-0.2, 0) is 4.74 Å². The second-order valence-corrected chi connectivity index (χ2v) is 7.43. The van der Waals surface area contributed by atoms with E-state index in [1.807, 2.05) is 24.3 Å². The van der Waals surface area contributed by atoms with Gasteiger partial charge < -0.3 is 19.1 Å². The molecule has 1 aliphatic heterocycles. The number of ether oxygens (including phenoxy) is 3. The normalized spacial score (nSPS) is 28.6. The maximum Gasteiger partial charge on any atom is 0.160 e. The summed E-state index contributed by atoms with van der Waals surface area (Å²) in [4.78, 5) is 2.41. The first kappa shape index (κ1) is 20.1. The number of nitrogens with zero attached hydrogens (tertiary/aromatic N) is 1. The molecule has 1 saturated carbocycles. The first-order valence-electron chi connectivity index (χ1n) is 9.52. The Hall–Kier alpha value is -1.26. The van der Waals surface area contributed by atoms with Crippen LogP contribution >= 0.6 is 0 Å². The van der Waals surface area contributed by atoms with E-state index < -0.39 is 0 Å². The van der Waals surface area contributed by atoms with Crippen molar-refractivity contribution in [2.24, 2.45) is 5.92 Å². The highest BCUT2D eigenvalue weighted by Gasteiger charge is 2.43. The monoisotopic (exact) mass is 349 g/mol. The standard InChI is InChI=1S/C13H25NO.C8H10O2/c1-4-11-6-8-13(7-5-9-15-13)10-12(11)14(2)3;1-9-7-5-3-4-6-8(7)10-2/h11-12H,4-10H2,1-3H3;3-6H,1-2H3. The molecule has 0 aromatic heterocycles. The van der Waals surface area contributed by atoms with E-state index in [1.165, 1.54) is 38.5 Å². The molecule has 1 aromatic rings. The van der Waals surface area contributed by atoms with Gasteiger partial charge in [0.1, 0.15) is 0 Å². The largest absolute Gasteiger partial charge is 0.493 e. The Morgan fingerprint density at radius 2 is 1.76 bits per heavy atom. The Bertz CT molecular complexity index is 489. The van der Waals surface area contributed by atoms with E-state index in [9.17, 15) is 0 Å². The lowest BCUT2D eigenvalue weighted by Crippen LogP contribution is -2.47. The zero-order valence-electron chi connectivity index (χ0n) is 16.6. The molecule has 3 atom stereocenters. The molecule has 0 N–H and O–H groups in total. The van der Waals surface area contributed by atoms with Crippen molar-refractivity contribution in [3.8, 4) is 11.5 Å². The lowest BCUT2D eigenvalue weighted by Gasteiger charge is -2.44. The second-order valence-electron chi connectivity index (χ2n) is 7.43. The smallest absolute Gasteiger partial charge is 0.160 e. The molecule has 142 valence electrons. The van der Waals surface area contributed by atoms with E-state index in [0.717, 1.165) is 30.1 Å². The van der Waals surface area contributed by atoms with E-state index in [-0.39, 0.29) is 5.60 Å². The van der Waals surface area contributed by atoms with Gasteiger partial charge in [-0.1, -0.05) is 25.5 Å². The molecule has 1 aliphatic carbocycles. The molecule has 4 nitrogen and oxygen atoms in total. The SMILES string of the molecule is CCC1CCC2(CCCO2)CC1N(C)C.COc1ccccc1OC.